The molecule has 0 aliphatic carbocycles. The van der Waals surface area contributed by atoms with Crippen molar-refractivity contribution in [2.24, 2.45) is 0 Å². The summed E-state index contributed by atoms with van der Waals surface area (Å²) in [6.07, 6.45) is 1.57. The summed E-state index contributed by atoms with van der Waals surface area (Å²) in [7, 11) is 1.32. The molecule has 0 amide bonds. The normalized spacial score (nSPS) is 11.1. The van der Waals surface area contributed by atoms with Crippen molar-refractivity contribution in [3.63, 3.8) is 0 Å². The lowest BCUT2D eigenvalue weighted by atomic mass is 10.3. The number of carbonyl (C=O) groups excluding carboxylic acids is 1. The average Bonchev–Trinajstić information content (AvgIpc) is 2.11. The van der Waals surface area contributed by atoms with Gasteiger partial charge in [0, 0.05) is 11.3 Å². The molecule has 0 fully saturated rings. The van der Waals surface area contributed by atoms with Crippen LogP contribution in [0.4, 0.5) is 0 Å². The van der Waals surface area contributed by atoms with Gasteiger partial charge in [0.2, 0.25) is 0 Å². The molecule has 0 bridgehead atoms. The third-order valence-corrected chi connectivity index (χ3v) is 2.13. The van der Waals surface area contributed by atoms with Crippen molar-refractivity contribution < 1.29 is 19.4 Å². The fraction of sp³-hybridized carbons (Fsp3) is 0.500. The zero-order valence-electron chi connectivity index (χ0n) is 7.57. The summed E-state index contributed by atoms with van der Waals surface area (Å²) in [6.45, 7) is 1.51. The number of thioether (sulfide) groups is 1. The second-order valence-corrected chi connectivity index (χ2v) is 3.31. The largest absolute Gasteiger partial charge is 0.478 e. The van der Waals surface area contributed by atoms with E-state index in [0.29, 0.717) is 5.75 Å². The van der Waals surface area contributed by atoms with Crippen LogP contribution in [0.2, 0.25) is 0 Å². The molecule has 0 saturated carbocycles. The highest BCUT2D eigenvalue weighted by atomic mass is 32.2. The van der Waals surface area contributed by atoms with Crippen molar-refractivity contribution in [2.45, 2.75) is 6.92 Å². The number of carboxylic acids is 1. The molecular weight excluding hydrogens is 192 g/mol. The molecule has 4 nitrogen and oxygen atoms in total. The molecule has 0 spiro atoms. The van der Waals surface area contributed by atoms with E-state index in [0.717, 1.165) is 0 Å². The fourth-order valence-corrected chi connectivity index (χ4v) is 1.24. The van der Waals surface area contributed by atoms with Crippen molar-refractivity contribution in [1.82, 2.24) is 0 Å². The number of carbonyl (C=O) groups is 2. The molecule has 0 heterocycles. The van der Waals surface area contributed by atoms with Crippen LogP contribution in [0.3, 0.4) is 0 Å². The maximum absolute atomic E-state index is 10.6. The molecule has 0 rings (SSSR count). The molecule has 0 aliphatic rings. The molecule has 1 N–H and O–H groups in total. The Hall–Kier alpha value is -0.970. The molecule has 0 unspecified atom stereocenters. The van der Waals surface area contributed by atoms with E-state index >= 15 is 0 Å². The number of esters is 1. The molecule has 0 aromatic carbocycles. The molecule has 0 radical (unpaired) electrons. The Kier molecular flexibility index (Phi) is 6.05. The molecule has 0 aromatic rings. The zero-order valence-corrected chi connectivity index (χ0v) is 8.39. The molecular formula is C8H12O4S. The van der Waals surface area contributed by atoms with Gasteiger partial charge >= 0.3 is 11.9 Å². The third-order valence-electron chi connectivity index (χ3n) is 1.29. The summed E-state index contributed by atoms with van der Waals surface area (Å²) >= 11 is 1.32. The molecule has 5 heteroatoms. The number of aliphatic carboxylic acids is 1. The van der Waals surface area contributed by atoms with Gasteiger partial charge in [0.25, 0.3) is 0 Å². The van der Waals surface area contributed by atoms with Crippen LogP contribution in [-0.2, 0) is 14.3 Å². The van der Waals surface area contributed by atoms with E-state index in [4.69, 9.17) is 5.11 Å². The zero-order chi connectivity index (χ0) is 10.3. The maximum atomic E-state index is 10.6. The molecule has 0 saturated heterocycles. The molecule has 0 aliphatic heterocycles. The van der Waals surface area contributed by atoms with Gasteiger partial charge in [0.15, 0.2) is 0 Å². The summed E-state index contributed by atoms with van der Waals surface area (Å²) in [5, 5.41) is 8.47. The Balaban J connectivity index is 3.61. The van der Waals surface area contributed by atoms with Gasteiger partial charge in [-0.05, 0) is 6.92 Å². The quantitative estimate of drug-likeness (QED) is 0.410. The Morgan fingerprint density at radius 3 is 2.62 bits per heavy atom. The van der Waals surface area contributed by atoms with Gasteiger partial charge in [-0.2, -0.15) is 0 Å². The molecule has 74 valence electrons. The highest BCUT2D eigenvalue weighted by Crippen LogP contribution is 2.03. The highest BCUT2D eigenvalue weighted by Gasteiger charge is 2.00. The van der Waals surface area contributed by atoms with Gasteiger partial charge in [0.05, 0.1) is 12.9 Å². The summed E-state index contributed by atoms with van der Waals surface area (Å²) < 4.78 is 4.41. The van der Waals surface area contributed by atoms with Gasteiger partial charge in [0.1, 0.15) is 0 Å². The summed E-state index contributed by atoms with van der Waals surface area (Å²) in [6, 6.07) is 0. The number of carboxylic acid groups (broad SMARTS) is 1. The predicted molar refractivity (Wildman–Crippen MR) is 50.7 cm³/mol. The number of rotatable bonds is 5. The first kappa shape index (κ1) is 12.0. The number of hydrogen-bond donors (Lipinski definition) is 1. The van der Waals surface area contributed by atoms with Crippen LogP contribution in [0.25, 0.3) is 0 Å². The lowest BCUT2D eigenvalue weighted by molar-refractivity contribution is -0.137. The Labute approximate surface area is 81.0 Å². The number of methoxy groups -OCH3 is 1. The van der Waals surface area contributed by atoms with Gasteiger partial charge in [-0.25, -0.2) is 4.79 Å². The van der Waals surface area contributed by atoms with Crippen LogP contribution in [0.15, 0.2) is 11.6 Å². The topological polar surface area (TPSA) is 63.6 Å². The number of hydrogen-bond acceptors (Lipinski definition) is 4. The minimum absolute atomic E-state index is 0.250. The van der Waals surface area contributed by atoms with Gasteiger partial charge in [-0.15, -0.1) is 11.8 Å². The summed E-state index contributed by atoms with van der Waals surface area (Å²) in [4.78, 5) is 20.9. The van der Waals surface area contributed by atoms with Crippen molar-refractivity contribution in [2.75, 3.05) is 18.6 Å². The predicted octanol–water partition coefficient (Wildman–Crippen LogP) is 0.923. The van der Waals surface area contributed by atoms with Gasteiger partial charge in [-0.1, -0.05) is 6.08 Å². The second-order valence-electron chi connectivity index (χ2n) is 2.28. The smallest absolute Gasteiger partial charge is 0.330 e. The summed E-state index contributed by atoms with van der Waals surface area (Å²) in [5.74, 6) is -0.474. The van der Waals surface area contributed by atoms with Crippen molar-refractivity contribution in [1.29, 1.82) is 0 Å². The third kappa shape index (κ3) is 6.21. The minimum Gasteiger partial charge on any atom is -0.478 e. The Morgan fingerprint density at radius 2 is 2.15 bits per heavy atom. The molecule has 0 aromatic heterocycles. The Bertz CT molecular complexity index is 222. The van der Waals surface area contributed by atoms with Crippen LogP contribution < -0.4 is 0 Å². The average molecular weight is 204 g/mol. The van der Waals surface area contributed by atoms with E-state index in [9.17, 15) is 9.59 Å². The lowest BCUT2D eigenvalue weighted by Gasteiger charge is -1.96. The maximum Gasteiger partial charge on any atom is 0.330 e. The van der Waals surface area contributed by atoms with E-state index < -0.39 is 5.97 Å². The van der Waals surface area contributed by atoms with E-state index in [1.807, 2.05) is 0 Å². The SMILES string of the molecule is COC(=O)CSCC=C(C)C(=O)O. The second kappa shape index (κ2) is 6.54. The van der Waals surface area contributed by atoms with E-state index in [-0.39, 0.29) is 17.3 Å². The van der Waals surface area contributed by atoms with Crippen LogP contribution >= 0.6 is 11.8 Å². The molecule has 0 atom stereocenters. The van der Waals surface area contributed by atoms with E-state index in [1.54, 1.807) is 6.08 Å². The fourth-order valence-electron chi connectivity index (χ4n) is 0.472. The first-order valence-electron chi connectivity index (χ1n) is 3.62. The lowest BCUT2D eigenvalue weighted by Crippen LogP contribution is -2.03. The van der Waals surface area contributed by atoms with Crippen molar-refractivity contribution in [3.8, 4) is 0 Å². The first-order valence-corrected chi connectivity index (χ1v) is 4.78. The highest BCUT2D eigenvalue weighted by molar-refractivity contribution is 8.00. The number of ether oxygens (including phenoxy) is 1. The van der Waals surface area contributed by atoms with Gasteiger partial charge in [-0.3, -0.25) is 4.79 Å². The first-order chi connectivity index (χ1) is 6.07. The van der Waals surface area contributed by atoms with Crippen molar-refractivity contribution in [3.05, 3.63) is 11.6 Å². The van der Waals surface area contributed by atoms with Crippen LogP contribution in [0.5, 0.6) is 0 Å². The van der Waals surface area contributed by atoms with Crippen LogP contribution in [-0.4, -0.2) is 35.7 Å². The minimum atomic E-state index is -0.932. The van der Waals surface area contributed by atoms with Gasteiger partial charge < -0.3 is 9.84 Å². The Morgan fingerprint density at radius 1 is 1.54 bits per heavy atom. The standard InChI is InChI=1S/C8H12O4S/c1-6(8(10)11)3-4-13-5-7(9)12-2/h3H,4-5H2,1-2H3,(H,10,11). The summed E-state index contributed by atoms with van der Waals surface area (Å²) in [5.41, 5.74) is 0.289. The van der Waals surface area contributed by atoms with Crippen molar-refractivity contribution >= 4 is 23.7 Å². The monoisotopic (exact) mass is 204 g/mol. The van der Waals surface area contributed by atoms with E-state index in [1.165, 1.54) is 25.8 Å². The van der Waals surface area contributed by atoms with E-state index in [2.05, 4.69) is 4.74 Å². The van der Waals surface area contributed by atoms with Crippen LogP contribution in [0, 0.1) is 0 Å². The molecule has 13 heavy (non-hydrogen) atoms. The van der Waals surface area contributed by atoms with Crippen LogP contribution in [0.1, 0.15) is 6.92 Å².